The van der Waals surface area contributed by atoms with Gasteiger partial charge in [0.1, 0.15) is 0 Å². The van der Waals surface area contributed by atoms with Crippen LogP contribution in [0.15, 0.2) is 0 Å². The Hall–Kier alpha value is -0.120. The number of rotatable bonds is 14. The molecule has 1 rings (SSSR count). The Morgan fingerprint density at radius 3 is 2.17 bits per heavy atom. The highest BCUT2D eigenvalue weighted by atomic mass is 16.5. The maximum absolute atomic E-state index is 5.53. The van der Waals surface area contributed by atoms with E-state index in [0.29, 0.717) is 0 Å². The summed E-state index contributed by atoms with van der Waals surface area (Å²) in [6.07, 6.45) is 10.3. The van der Waals surface area contributed by atoms with E-state index < -0.39 is 0 Å². The predicted octanol–water partition coefficient (Wildman–Crippen LogP) is 3.13. The summed E-state index contributed by atoms with van der Waals surface area (Å²) in [4.78, 5) is 0. The molecule has 0 radical (unpaired) electrons. The molecule has 0 aliphatic heterocycles. The second-order valence-electron chi connectivity index (χ2n) is 5.22. The van der Waals surface area contributed by atoms with Gasteiger partial charge in [-0.3, -0.25) is 0 Å². The number of unbranched alkanes of at least 4 members (excludes halogenated alkanes) is 4. The fraction of sp³-hybridized carbons (Fsp3) is 1.00. The minimum atomic E-state index is 0.755. The molecule has 0 bridgehead atoms. The molecule has 0 heterocycles. The van der Waals surface area contributed by atoms with Crippen LogP contribution in [0, 0.1) is 0 Å². The Kier molecular flexibility index (Phi) is 10.6. The quantitative estimate of drug-likeness (QED) is 0.485. The number of ether oxygens (including phenoxy) is 2. The SMILES string of the molecule is CCCCOCCOCCCCCCNC1CC1. The predicted molar refractivity (Wildman–Crippen MR) is 76.0 cm³/mol. The van der Waals surface area contributed by atoms with E-state index in [4.69, 9.17) is 9.47 Å². The van der Waals surface area contributed by atoms with Crippen LogP contribution < -0.4 is 5.32 Å². The van der Waals surface area contributed by atoms with Gasteiger partial charge >= 0.3 is 0 Å². The average molecular weight is 257 g/mol. The molecule has 0 aromatic carbocycles. The first kappa shape index (κ1) is 15.9. The van der Waals surface area contributed by atoms with Crippen molar-refractivity contribution in [3.63, 3.8) is 0 Å². The van der Waals surface area contributed by atoms with Gasteiger partial charge in [-0.1, -0.05) is 26.2 Å². The van der Waals surface area contributed by atoms with Crippen molar-refractivity contribution in [3.8, 4) is 0 Å². The highest BCUT2D eigenvalue weighted by molar-refractivity contribution is 4.80. The molecule has 0 unspecified atom stereocenters. The van der Waals surface area contributed by atoms with E-state index in [1.165, 1.54) is 51.5 Å². The van der Waals surface area contributed by atoms with Gasteiger partial charge in [-0.15, -0.1) is 0 Å². The van der Waals surface area contributed by atoms with Crippen molar-refractivity contribution in [1.29, 1.82) is 0 Å². The van der Waals surface area contributed by atoms with Gasteiger partial charge in [0.2, 0.25) is 0 Å². The summed E-state index contributed by atoms with van der Waals surface area (Å²) in [7, 11) is 0. The Balaban J connectivity index is 1.60. The topological polar surface area (TPSA) is 30.5 Å². The molecule has 1 N–H and O–H groups in total. The molecule has 0 atom stereocenters. The molecule has 0 spiro atoms. The number of hydrogen-bond donors (Lipinski definition) is 1. The summed E-state index contributed by atoms with van der Waals surface area (Å²) in [6.45, 7) is 6.68. The van der Waals surface area contributed by atoms with E-state index in [9.17, 15) is 0 Å². The summed E-state index contributed by atoms with van der Waals surface area (Å²) >= 11 is 0. The van der Waals surface area contributed by atoms with Crippen LogP contribution in [-0.2, 0) is 9.47 Å². The molecule has 1 fully saturated rings. The largest absolute Gasteiger partial charge is 0.379 e. The molecule has 1 saturated carbocycles. The molecule has 108 valence electrons. The Bertz CT molecular complexity index is 172. The van der Waals surface area contributed by atoms with Gasteiger partial charge in [-0.05, 0) is 38.6 Å². The zero-order valence-electron chi connectivity index (χ0n) is 12.1. The highest BCUT2D eigenvalue weighted by Crippen LogP contribution is 2.18. The molecule has 0 amide bonds. The molecule has 1 aliphatic carbocycles. The Morgan fingerprint density at radius 2 is 1.50 bits per heavy atom. The number of nitrogens with one attached hydrogen (secondary N) is 1. The van der Waals surface area contributed by atoms with E-state index in [2.05, 4.69) is 12.2 Å². The summed E-state index contributed by atoms with van der Waals surface area (Å²) < 4.78 is 11.0. The molecule has 3 heteroatoms. The van der Waals surface area contributed by atoms with Gasteiger partial charge in [0.25, 0.3) is 0 Å². The van der Waals surface area contributed by atoms with Crippen molar-refractivity contribution in [2.75, 3.05) is 33.0 Å². The molecule has 0 saturated heterocycles. The van der Waals surface area contributed by atoms with Crippen molar-refractivity contribution in [2.24, 2.45) is 0 Å². The van der Waals surface area contributed by atoms with Crippen LogP contribution in [0.3, 0.4) is 0 Å². The van der Waals surface area contributed by atoms with Crippen LogP contribution in [-0.4, -0.2) is 39.0 Å². The normalized spacial score (nSPS) is 15.2. The monoisotopic (exact) mass is 257 g/mol. The van der Waals surface area contributed by atoms with Gasteiger partial charge in [0, 0.05) is 19.3 Å². The summed E-state index contributed by atoms with van der Waals surface area (Å²) in [6, 6.07) is 0.862. The smallest absolute Gasteiger partial charge is 0.0700 e. The third kappa shape index (κ3) is 11.0. The first-order chi connectivity index (χ1) is 8.93. The lowest BCUT2D eigenvalue weighted by molar-refractivity contribution is 0.0453. The Labute approximate surface area is 113 Å². The lowest BCUT2D eigenvalue weighted by Crippen LogP contribution is -2.17. The summed E-state index contributed by atoms with van der Waals surface area (Å²) in [5.74, 6) is 0. The number of hydrogen-bond acceptors (Lipinski definition) is 3. The third-order valence-corrected chi connectivity index (χ3v) is 3.24. The standard InChI is InChI=1S/C15H31NO2/c1-2-3-11-17-13-14-18-12-7-5-4-6-10-16-15-8-9-15/h15-16H,2-14H2,1H3. The van der Waals surface area contributed by atoms with E-state index in [1.54, 1.807) is 0 Å². The minimum absolute atomic E-state index is 0.755. The van der Waals surface area contributed by atoms with Gasteiger partial charge in [-0.2, -0.15) is 0 Å². The van der Waals surface area contributed by atoms with Crippen LogP contribution in [0.5, 0.6) is 0 Å². The maximum atomic E-state index is 5.53. The molecular formula is C15H31NO2. The third-order valence-electron chi connectivity index (χ3n) is 3.24. The zero-order valence-corrected chi connectivity index (χ0v) is 12.1. The van der Waals surface area contributed by atoms with Gasteiger partial charge < -0.3 is 14.8 Å². The van der Waals surface area contributed by atoms with Crippen LogP contribution >= 0.6 is 0 Å². The van der Waals surface area contributed by atoms with E-state index in [1.807, 2.05) is 0 Å². The average Bonchev–Trinajstić information content (AvgIpc) is 3.19. The molecule has 3 nitrogen and oxygen atoms in total. The zero-order chi connectivity index (χ0) is 12.9. The van der Waals surface area contributed by atoms with E-state index in [0.717, 1.165) is 38.9 Å². The van der Waals surface area contributed by atoms with Crippen molar-refractivity contribution in [3.05, 3.63) is 0 Å². The molecule has 1 aliphatic rings. The van der Waals surface area contributed by atoms with Crippen molar-refractivity contribution in [1.82, 2.24) is 5.32 Å². The van der Waals surface area contributed by atoms with Crippen molar-refractivity contribution >= 4 is 0 Å². The van der Waals surface area contributed by atoms with Crippen LogP contribution in [0.1, 0.15) is 58.3 Å². The summed E-state index contributed by atoms with van der Waals surface area (Å²) in [5.41, 5.74) is 0. The van der Waals surface area contributed by atoms with Crippen molar-refractivity contribution in [2.45, 2.75) is 64.3 Å². The highest BCUT2D eigenvalue weighted by Gasteiger charge is 2.19. The van der Waals surface area contributed by atoms with Crippen LogP contribution in [0.4, 0.5) is 0 Å². The first-order valence-electron chi connectivity index (χ1n) is 7.82. The second kappa shape index (κ2) is 11.9. The summed E-state index contributed by atoms with van der Waals surface area (Å²) in [5, 5.41) is 3.54. The molecule has 0 aromatic rings. The second-order valence-corrected chi connectivity index (χ2v) is 5.22. The fourth-order valence-electron chi connectivity index (χ4n) is 1.84. The first-order valence-corrected chi connectivity index (χ1v) is 7.82. The molecule has 18 heavy (non-hydrogen) atoms. The van der Waals surface area contributed by atoms with Crippen LogP contribution in [0.2, 0.25) is 0 Å². The van der Waals surface area contributed by atoms with Gasteiger partial charge in [-0.25, -0.2) is 0 Å². The lowest BCUT2D eigenvalue weighted by atomic mass is 10.2. The minimum Gasteiger partial charge on any atom is -0.379 e. The van der Waals surface area contributed by atoms with Gasteiger partial charge in [0.05, 0.1) is 13.2 Å². The van der Waals surface area contributed by atoms with E-state index in [-0.39, 0.29) is 0 Å². The van der Waals surface area contributed by atoms with E-state index >= 15 is 0 Å². The fourth-order valence-corrected chi connectivity index (χ4v) is 1.84. The maximum Gasteiger partial charge on any atom is 0.0700 e. The molecule has 0 aromatic heterocycles. The van der Waals surface area contributed by atoms with Gasteiger partial charge in [0.15, 0.2) is 0 Å². The lowest BCUT2D eigenvalue weighted by Gasteiger charge is -2.05. The van der Waals surface area contributed by atoms with Crippen molar-refractivity contribution < 1.29 is 9.47 Å². The molecular weight excluding hydrogens is 226 g/mol. The Morgan fingerprint density at radius 1 is 0.833 bits per heavy atom. The van der Waals surface area contributed by atoms with Crippen LogP contribution in [0.25, 0.3) is 0 Å².